The Hall–Kier alpha value is -1.67. The van der Waals surface area contributed by atoms with Gasteiger partial charge in [0, 0.05) is 35.4 Å². The van der Waals surface area contributed by atoms with Gasteiger partial charge in [-0.25, -0.2) is 4.98 Å². The topological polar surface area (TPSA) is 80.7 Å². The number of hydrogen-bond acceptors (Lipinski definition) is 6. The number of nitrogens with zero attached hydrogens (tertiary/aromatic N) is 1. The predicted octanol–water partition coefficient (Wildman–Crippen LogP) is 4.83. The van der Waals surface area contributed by atoms with Gasteiger partial charge in [-0.2, -0.15) is 0 Å². The molecule has 2 N–H and O–H groups in total. The number of halogens is 1. The fourth-order valence-corrected chi connectivity index (χ4v) is 7.46. The predicted molar refractivity (Wildman–Crippen MR) is 134 cm³/mol. The number of benzene rings is 1. The van der Waals surface area contributed by atoms with Crippen molar-refractivity contribution in [3.63, 3.8) is 0 Å². The highest BCUT2D eigenvalue weighted by molar-refractivity contribution is 7.11. The van der Waals surface area contributed by atoms with E-state index < -0.39 is 6.10 Å². The highest BCUT2D eigenvalue weighted by atomic mass is 35.5. The first-order chi connectivity index (χ1) is 16.2. The van der Waals surface area contributed by atoms with Gasteiger partial charge >= 0.3 is 0 Å². The highest BCUT2D eigenvalue weighted by Crippen LogP contribution is 2.57. The van der Waals surface area contributed by atoms with E-state index in [0.717, 1.165) is 35.7 Å². The lowest BCUT2D eigenvalue weighted by atomic mass is 9.53. The number of rotatable bonds is 8. The summed E-state index contributed by atoms with van der Waals surface area (Å²) in [6, 6.07) is 7.38. The van der Waals surface area contributed by atoms with Crippen molar-refractivity contribution in [1.29, 1.82) is 0 Å². The summed E-state index contributed by atoms with van der Waals surface area (Å²) in [5, 5.41) is 16.1. The summed E-state index contributed by atoms with van der Waals surface area (Å²) < 4.78 is 11.0. The molecular formula is C26H35ClN2O4S. The van der Waals surface area contributed by atoms with Crippen LogP contribution in [0.1, 0.15) is 55.1 Å². The third-order valence-corrected chi connectivity index (χ3v) is 9.07. The summed E-state index contributed by atoms with van der Waals surface area (Å²) >= 11 is 7.78. The molecule has 8 heteroatoms. The van der Waals surface area contributed by atoms with Gasteiger partial charge in [0.1, 0.15) is 17.4 Å². The number of carbonyl (C=O) groups excluding carboxylic acids is 1. The van der Waals surface area contributed by atoms with E-state index in [0.29, 0.717) is 24.8 Å². The zero-order valence-corrected chi connectivity index (χ0v) is 21.9. The monoisotopic (exact) mass is 506 g/mol. The van der Waals surface area contributed by atoms with Gasteiger partial charge in [-0.3, -0.25) is 4.79 Å². The van der Waals surface area contributed by atoms with E-state index in [9.17, 15) is 9.90 Å². The number of aliphatic hydroxyl groups excluding tert-OH is 1. The van der Waals surface area contributed by atoms with E-state index in [1.807, 2.05) is 25.1 Å². The van der Waals surface area contributed by atoms with Crippen LogP contribution in [0.5, 0.6) is 5.75 Å². The first-order valence-corrected chi connectivity index (χ1v) is 13.2. The lowest BCUT2D eigenvalue weighted by Gasteiger charge is -2.53. The van der Waals surface area contributed by atoms with Gasteiger partial charge in [-0.05, 0) is 54.7 Å². The van der Waals surface area contributed by atoms with Gasteiger partial charge in [0.05, 0.1) is 18.4 Å². The molecule has 34 heavy (non-hydrogen) atoms. The standard InChI is InChI=1S/C26H35ClN2O4S/c1-15(25(31)28-10-11-32-4)19-8-9-26(3)13-20-23(16(2)22(26)24(19)30)29-21(34-20)14-33-18-7-5-6-17(27)12-18/h5-7,12,15-16,19,22,24,30H,8-11,13-14H2,1-4H3,(H,28,31)/t15-,16+,19+,22+,24-,26+/m0/s1. The molecule has 4 rings (SSSR count). The van der Waals surface area contributed by atoms with Gasteiger partial charge in [0.2, 0.25) is 5.91 Å². The molecule has 1 amide bonds. The molecule has 0 saturated heterocycles. The normalized spacial score (nSPS) is 29.1. The quantitative estimate of drug-likeness (QED) is 0.501. The van der Waals surface area contributed by atoms with E-state index in [-0.39, 0.29) is 35.0 Å². The second kappa shape index (κ2) is 10.5. The van der Waals surface area contributed by atoms with Crippen LogP contribution in [-0.4, -0.2) is 42.4 Å². The van der Waals surface area contributed by atoms with Crippen molar-refractivity contribution in [3.8, 4) is 5.75 Å². The molecule has 6 atom stereocenters. The number of nitrogens with one attached hydrogen (secondary N) is 1. The van der Waals surface area contributed by atoms with Gasteiger partial charge in [-0.1, -0.05) is 38.4 Å². The Morgan fingerprint density at radius 3 is 2.97 bits per heavy atom. The van der Waals surface area contributed by atoms with Crippen LogP contribution in [0.2, 0.25) is 5.02 Å². The van der Waals surface area contributed by atoms with Crippen molar-refractivity contribution < 1.29 is 19.4 Å². The molecule has 0 aliphatic heterocycles. The van der Waals surface area contributed by atoms with Gasteiger partial charge in [0.15, 0.2) is 0 Å². The lowest BCUT2D eigenvalue weighted by Crippen LogP contribution is -2.53. The number of hydrogen-bond donors (Lipinski definition) is 2. The maximum Gasteiger partial charge on any atom is 0.223 e. The van der Waals surface area contributed by atoms with Crippen molar-refractivity contribution in [3.05, 3.63) is 44.9 Å². The minimum atomic E-state index is -0.544. The largest absolute Gasteiger partial charge is 0.486 e. The Morgan fingerprint density at radius 1 is 1.44 bits per heavy atom. The molecule has 6 nitrogen and oxygen atoms in total. The second-order valence-corrected chi connectivity index (χ2v) is 11.7. The summed E-state index contributed by atoms with van der Waals surface area (Å²) in [4.78, 5) is 18.9. The third kappa shape index (κ3) is 5.13. The van der Waals surface area contributed by atoms with Crippen molar-refractivity contribution in [2.75, 3.05) is 20.3 Å². The maximum atomic E-state index is 12.7. The molecule has 2 aromatic rings. The van der Waals surface area contributed by atoms with Crippen LogP contribution in [0.4, 0.5) is 0 Å². The first kappa shape index (κ1) is 25.4. The van der Waals surface area contributed by atoms with Gasteiger partial charge < -0.3 is 19.9 Å². The average Bonchev–Trinajstić information content (AvgIpc) is 3.20. The molecule has 1 fully saturated rings. The van der Waals surface area contributed by atoms with Crippen LogP contribution < -0.4 is 10.1 Å². The number of ether oxygens (including phenoxy) is 2. The van der Waals surface area contributed by atoms with Crippen LogP contribution in [0.15, 0.2) is 24.3 Å². The van der Waals surface area contributed by atoms with Crippen LogP contribution in [-0.2, 0) is 22.6 Å². The second-order valence-electron chi connectivity index (χ2n) is 10.1. The molecule has 0 bridgehead atoms. The number of thiazole rings is 1. The summed E-state index contributed by atoms with van der Waals surface area (Å²) in [6.07, 6.45) is 2.20. The molecule has 2 aliphatic rings. The van der Waals surface area contributed by atoms with E-state index in [1.54, 1.807) is 24.5 Å². The Bertz CT molecular complexity index is 1010. The number of fused-ring (bicyclic) bond motifs is 2. The smallest absolute Gasteiger partial charge is 0.223 e. The average molecular weight is 507 g/mol. The van der Waals surface area contributed by atoms with E-state index in [2.05, 4.69) is 19.2 Å². The molecule has 1 saturated carbocycles. The summed E-state index contributed by atoms with van der Waals surface area (Å²) in [7, 11) is 1.62. The maximum absolute atomic E-state index is 12.7. The number of carbonyl (C=O) groups is 1. The van der Waals surface area contributed by atoms with Crippen molar-refractivity contribution in [2.24, 2.45) is 23.2 Å². The molecular weight excluding hydrogens is 472 g/mol. The lowest BCUT2D eigenvalue weighted by molar-refractivity contribution is -0.135. The zero-order valence-electron chi connectivity index (χ0n) is 20.3. The van der Waals surface area contributed by atoms with Crippen molar-refractivity contribution in [2.45, 2.75) is 58.7 Å². The minimum Gasteiger partial charge on any atom is -0.486 e. The number of methoxy groups -OCH3 is 1. The number of aromatic nitrogens is 1. The summed E-state index contributed by atoms with van der Waals surface area (Å²) in [5.41, 5.74) is 1.07. The fourth-order valence-electron chi connectivity index (χ4n) is 5.99. The first-order valence-electron chi connectivity index (χ1n) is 12.0. The Morgan fingerprint density at radius 2 is 2.24 bits per heavy atom. The van der Waals surface area contributed by atoms with Crippen LogP contribution >= 0.6 is 22.9 Å². The SMILES string of the molecule is COCCNC(=O)[C@@H](C)[C@H]1CC[C@]2(C)Cc3sc(COc4cccc(Cl)c4)nc3[C@H](C)[C@@H]2[C@H]1O. The zero-order chi connectivity index (χ0) is 24.5. The van der Waals surface area contributed by atoms with Crippen LogP contribution in [0.25, 0.3) is 0 Å². The Balaban J connectivity index is 1.48. The van der Waals surface area contributed by atoms with Crippen molar-refractivity contribution >= 4 is 28.8 Å². The molecule has 1 heterocycles. The molecule has 2 aliphatic carbocycles. The molecule has 1 aromatic heterocycles. The molecule has 0 unspecified atom stereocenters. The third-order valence-electron chi connectivity index (χ3n) is 7.79. The number of amides is 1. The summed E-state index contributed by atoms with van der Waals surface area (Å²) in [6.45, 7) is 7.78. The Labute approximate surface area is 211 Å². The van der Waals surface area contributed by atoms with Crippen molar-refractivity contribution in [1.82, 2.24) is 10.3 Å². The molecule has 0 spiro atoms. The number of aliphatic hydroxyl groups is 1. The molecule has 1 aromatic carbocycles. The Kier molecular flexibility index (Phi) is 7.87. The highest BCUT2D eigenvalue weighted by Gasteiger charge is 2.53. The molecule has 0 radical (unpaired) electrons. The van der Waals surface area contributed by atoms with Crippen LogP contribution in [0, 0.1) is 23.2 Å². The van der Waals surface area contributed by atoms with Gasteiger partial charge in [0.25, 0.3) is 0 Å². The fraction of sp³-hybridized carbons (Fsp3) is 0.615. The van der Waals surface area contributed by atoms with E-state index in [4.69, 9.17) is 26.1 Å². The summed E-state index contributed by atoms with van der Waals surface area (Å²) in [5.74, 6) is 0.590. The van der Waals surface area contributed by atoms with E-state index >= 15 is 0 Å². The molecule has 186 valence electrons. The van der Waals surface area contributed by atoms with Crippen LogP contribution in [0.3, 0.4) is 0 Å². The van der Waals surface area contributed by atoms with E-state index in [1.165, 1.54) is 4.88 Å². The van der Waals surface area contributed by atoms with Gasteiger partial charge in [-0.15, -0.1) is 11.3 Å². The minimum absolute atomic E-state index is 0.00774.